The first kappa shape index (κ1) is 14.4. The highest BCUT2D eigenvalue weighted by molar-refractivity contribution is 7.59. The maximum absolute atomic E-state index is 9.00. The summed E-state index contributed by atoms with van der Waals surface area (Å²) < 4.78 is 0. The van der Waals surface area contributed by atoms with Crippen LogP contribution in [0.2, 0.25) is 0 Å². The molecule has 0 bridgehead atoms. The molecule has 1 aromatic carbocycles. The van der Waals surface area contributed by atoms with E-state index < -0.39 is 6.03 Å². The van der Waals surface area contributed by atoms with Crippen LogP contribution in [-0.2, 0) is 0 Å². The SMILES string of the molecule is Cc1ccccc1C.NC(N)=O.S. The zero-order valence-electron chi connectivity index (χ0n) is 7.87. The van der Waals surface area contributed by atoms with Gasteiger partial charge in [0.05, 0.1) is 0 Å². The van der Waals surface area contributed by atoms with Gasteiger partial charge in [0.25, 0.3) is 0 Å². The van der Waals surface area contributed by atoms with Crippen molar-refractivity contribution in [2.75, 3.05) is 0 Å². The van der Waals surface area contributed by atoms with E-state index in [0.717, 1.165) is 0 Å². The molecule has 0 radical (unpaired) electrons. The van der Waals surface area contributed by atoms with Gasteiger partial charge in [0.15, 0.2) is 0 Å². The van der Waals surface area contributed by atoms with Gasteiger partial charge in [-0.15, -0.1) is 0 Å². The van der Waals surface area contributed by atoms with Crippen LogP contribution in [0, 0.1) is 13.8 Å². The number of urea groups is 1. The van der Waals surface area contributed by atoms with Crippen molar-refractivity contribution in [2.24, 2.45) is 11.5 Å². The summed E-state index contributed by atoms with van der Waals surface area (Å²) in [5, 5.41) is 0. The van der Waals surface area contributed by atoms with Crippen molar-refractivity contribution in [3.8, 4) is 0 Å². The van der Waals surface area contributed by atoms with Gasteiger partial charge in [-0.05, 0) is 25.0 Å². The topological polar surface area (TPSA) is 69.1 Å². The Morgan fingerprint density at radius 3 is 1.46 bits per heavy atom. The number of aryl methyl sites for hydroxylation is 2. The molecule has 13 heavy (non-hydrogen) atoms. The van der Waals surface area contributed by atoms with E-state index in [-0.39, 0.29) is 13.5 Å². The zero-order valence-corrected chi connectivity index (χ0v) is 8.87. The number of hydrogen-bond acceptors (Lipinski definition) is 1. The van der Waals surface area contributed by atoms with Crippen LogP contribution in [0.1, 0.15) is 11.1 Å². The van der Waals surface area contributed by atoms with Crippen LogP contribution in [0.15, 0.2) is 24.3 Å². The largest absolute Gasteiger partial charge is 0.352 e. The molecule has 4 N–H and O–H groups in total. The number of hydrogen-bond donors (Lipinski definition) is 2. The molecule has 4 heteroatoms. The molecule has 2 amide bonds. The lowest BCUT2D eigenvalue weighted by Gasteiger charge is -1.93. The fourth-order valence-corrected chi connectivity index (χ4v) is 0.663. The molecular weight excluding hydrogens is 184 g/mol. The summed E-state index contributed by atoms with van der Waals surface area (Å²) in [6.07, 6.45) is 0. The number of nitrogens with two attached hydrogens (primary N) is 2. The maximum atomic E-state index is 9.00. The number of rotatable bonds is 0. The molecule has 0 atom stereocenters. The molecule has 1 rings (SSSR count). The standard InChI is InChI=1S/C8H10.CH4N2O.H2S/c1-7-5-3-4-6-8(7)2;2-1(3)4;/h3-6H,1-2H3;(H4,2,3,4);1H2. The Hall–Kier alpha value is -1.16. The minimum atomic E-state index is -0.833. The third-order valence-electron chi connectivity index (χ3n) is 1.43. The predicted octanol–water partition coefficient (Wildman–Crippen LogP) is 1.44. The van der Waals surface area contributed by atoms with Crippen molar-refractivity contribution in [3.63, 3.8) is 0 Å². The fourth-order valence-electron chi connectivity index (χ4n) is 0.663. The van der Waals surface area contributed by atoms with Crippen LogP contribution in [0.25, 0.3) is 0 Å². The summed E-state index contributed by atoms with van der Waals surface area (Å²) in [6.45, 7) is 4.24. The van der Waals surface area contributed by atoms with Crippen molar-refractivity contribution in [1.29, 1.82) is 0 Å². The van der Waals surface area contributed by atoms with Gasteiger partial charge in [0.2, 0.25) is 0 Å². The second-order valence-electron chi connectivity index (χ2n) is 2.49. The van der Waals surface area contributed by atoms with Gasteiger partial charge in [0.1, 0.15) is 0 Å². The first-order valence-corrected chi connectivity index (χ1v) is 3.61. The Labute approximate surface area is 85.6 Å². The Kier molecular flexibility index (Phi) is 8.28. The van der Waals surface area contributed by atoms with Crippen LogP contribution in [-0.4, -0.2) is 6.03 Å². The van der Waals surface area contributed by atoms with E-state index in [9.17, 15) is 0 Å². The van der Waals surface area contributed by atoms with Crippen LogP contribution < -0.4 is 11.5 Å². The van der Waals surface area contributed by atoms with E-state index >= 15 is 0 Å². The number of amides is 2. The van der Waals surface area contributed by atoms with Crippen molar-refractivity contribution in [3.05, 3.63) is 35.4 Å². The van der Waals surface area contributed by atoms with Gasteiger partial charge < -0.3 is 11.5 Å². The summed E-state index contributed by atoms with van der Waals surface area (Å²) >= 11 is 0. The predicted molar refractivity (Wildman–Crippen MR) is 60.1 cm³/mol. The van der Waals surface area contributed by atoms with Crippen molar-refractivity contribution >= 4 is 19.5 Å². The number of primary amides is 2. The maximum Gasteiger partial charge on any atom is 0.309 e. The smallest absolute Gasteiger partial charge is 0.309 e. The van der Waals surface area contributed by atoms with Gasteiger partial charge in [-0.25, -0.2) is 4.79 Å². The second kappa shape index (κ2) is 7.49. The molecule has 74 valence electrons. The number of carbonyl (C=O) groups excluding carboxylic acids is 1. The van der Waals surface area contributed by atoms with E-state index in [0.29, 0.717) is 0 Å². The van der Waals surface area contributed by atoms with Crippen molar-refractivity contribution in [2.45, 2.75) is 13.8 Å². The molecule has 0 unspecified atom stereocenters. The summed E-state index contributed by atoms with van der Waals surface area (Å²) in [5.41, 5.74) is 11.2. The quantitative estimate of drug-likeness (QED) is 0.653. The van der Waals surface area contributed by atoms with Gasteiger partial charge in [-0.3, -0.25) is 0 Å². The normalized spacial score (nSPS) is 7.54. The Bertz CT molecular complexity index is 239. The molecule has 1 aromatic rings. The molecule has 0 fully saturated rings. The molecule has 0 aliphatic heterocycles. The Morgan fingerprint density at radius 1 is 1.08 bits per heavy atom. The molecule has 0 aliphatic carbocycles. The van der Waals surface area contributed by atoms with Crippen LogP contribution >= 0.6 is 13.5 Å². The second-order valence-corrected chi connectivity index (χ2v) is 2.49. The average Bonchev–Trinajstić information content (AvgIpc) is 1.94. The molecular formula is C9H16N2OS. The lowest BCUT2D eigenvalue weighted by Crippen LogP contribution is -2.18. The summed E-state index contributed by atoms with van der Waals surface area (Å²) in [5.74, 6) is 0. The summed E-state index contributed by atoms with van der Waals surface area (Å²) in [6, 6.07) is 7.52. The van der Waals surface area contributed by atoms with Crippen LogP contribution in [0.4, 0.5) is 4.79 Å². The van der Waals surface area contributed by atoms with Crippen molar-refractivity contribution in [1.82, 2.24) is 0 Å². The molecule has 0 aliphatic rings. The molecule has 0 saturated heterocycles. The Morgan fingerprint density at radius 2 is 1.31 bits per heavy atom. The highest BCUT2D eigenvalue weighted by atomic mass is 32.1. The van der Waals surface area contributed by atoms with Crippen LogP contribution in [0.5, 0.6) is 0 Å². The highest BCUT2D eigenvalue weighted by Crippen LogP contribution is 2.02. The third-order valence-corrected chi connectivity index (χ3v) is 1.43. The first-order valence-electron chi connectivity index (χ1n) is 3.61. The lowest BCUT2D eigenvalue weighted by molar-refractivity contribution is 0.256. The molecule has 0 spiro atoms. The fraction of sp³-hybridized carbons (Fsp3) is 0.222. The zero-order chi connectivity index (χ0) is 9.56. The minimum Gasteiger partial charge on any atom is -0.352 e. The van der Waals surface area contributed by atoms with E-state index in [1.807, 2.05) is 0 Å². The van der Waals surface area contributed by atoms with Gasteiger partial charge in [0, 0.05) is 0 Å². The average molecular weight is 200 g/mol. The molecule has 0 aromatic heterocycles. The molecule has 0 heterocycles. The summed E-state index contributed by atoms with van der Waals surface area (Å²) in [7, 11) is 0. The van der Waals surface area contributed by atoms with Crippen molar-refractivity contribution < 1.29 is 4.79 Å². The molecule has 0 saturated carbocycles. The minimum absolute atomic E-state index is 0. The van der Waals surface area contributed by atoms with Crippen LogP contribution in [0.3, 0.4) is 0 Å². The number of carbonyl (C=O) groups is 1. The van der Waals surface area contributed by atoms with E-state index in [1.54, 1.807) is 0 Å². The van der Waals surface area contributed by atoms with Gasteiger partial charge in [-0.1, -0.05) is 24.3 Å². The summed E-state index contributed by atoms with van der Waals surface area (Å²) in [4.78, 5) is 9.00. The van der Waals surface area contributed by atoms with Gasteiger partial charge >= 0.3 is 6.03 Å². The lowest BCUT2D eigenvalue weighted by atomic mass is 10.1. The Balaban J connectivity index is 0. The number of benzene rings is 1. The van der Waals surface area contributed by atoms with E-state index in [2.05, 4.69) is 49.6 Å². The third kappa shape index (κ3) is 8.75. The first-order chi connectivity index (χ1) is 5.54. The van der Waals surface area contributed by atoms with Gasteiger partial charge in [-0.2, -0.15) is 13.5 Å². The highest BCUT2D eigenvalue weighted by Gasteiger charge is 1.83. The van der Waals surface area contributed by atoms with E-state index in [1.165, 1.54) is 11.1 Å². The molecule has 3 nitrogen and oxygen atoms in total. The van der Waals surface area contributed by atoms with E-state index in [4.69, 9.17) is 4.79 Å². The monoisotopic (exact) mass is 200 g/mol.